The van der Waals surface area contributed by atoms with Crippen LogP contribution in [-0.2, 0) is 6.54 Å². The van der Waals surface area contributed by atoms with Crippen molar-refractivity contribution >= 4 is 5.69 Å². The first-order valence-electron chi connectivity index (χ1n) is 6.39. The van der Waals surface area contributed by atoms with Crippen molar-refractivity contribution < 1.29 is 0 Å². The van der Waals surface area contributed by atoms with E-state index in [1.165, 1.54) is 0 Å². The number of pyridine rings is 1. The summed E-state index contributed by atoms with van der Waals surface area (Å²) in [4.78, 5) is 6.78. The molecule has 0 aliphatic rings. The number of nitrogens with one attached hydrogen (secondary N) is 1. The Bertz CT molecular complexity index is 347. The van der Waals surface area contributed by atoms with Gasteiger partial charge in [0.15, 0.2) is 0 Å². The predicted octanol–water partition coefficient (Wildman–Crippen LogP) is 3.13. The predicted molar refractivity (Wildman–Crippen MR) is 74.2 cm³/mol. The number of hydrogen-bond donors (Lipinski definition) is 1. The third-order valence-corrected chi connectivity index (χ3v) is 3.50. The van der Waals surface area contributed by atoms with Crippen molar-refractivity contribution in [3.8, 4) is 0 Å². The van der Waals surface area contributed by atoms with E-state index >= 15 is 0 Å². The molecule has 1 heterocycles. The van der Waals surface area contributed by atoms with Gasteiger partial charge in [0.2, 0.25) is 0 Å². The Morgan fingerprint density at radius 1 is 1.35 bits per heavy atom. The number of nitrogens with zero attached hydrogens (tertiary/aromatic N) is 2. The first kappa shape index (κ1) is 14.0. The van der Waals surface area contributed by atoms with Gasteiger partial charge in [-0.3, -0.25) is 9.88 Å². The van der Waals surface area contributed by atoms with E-state index < -0.39 is 0 Å². The molecule has 0 saturated heterocycles. The topological polar surface area (TPSA) is 28.2 Å². The van der Waals surface area contributed by atoms with Crippen molar-refractivity contribution in [2.24, 2.45) is 0 Å². The van der Waals surface area contributed by atoms with Gasteiger partial charge in [0.25, 0.3) is 0 Å². The van der Waals surface area contributed by atoms with Crippen LogP contribution in [0.15, 0.2) is 18.3 Å². The maximum Gasteiger partial charge on any atom is 0.0564 e. The highest BCUT2D eigenvalue weighted by Crippen LogP contribution is 2.19. The van der Waals surface area contributed by atoms with Crippen LogP contribution in [0, 0.1) is 0 Å². The Balaban J connectivity index is 2.71. The second kappa shape index (κ2) is 6.01. The first-order valence-corrected chi connectivity index (χ1v) is 6.39. The van der Waals surface area contributed by atoms with Gasteiger partial charge in [0, 0.05) is 30.5 Å². The summed E-state index contributed by atoms with van der Waals surface area (Å²) in [6.07, 6.45) is 3.01. The largest absolute Gasteiger partial charge is 0.385 e. The summed E-state index contributed by atoms with van der Waals surface area (Å²) in [5.74, 6) is 0. The van der Waals surface area contributed by atoms with Crippen molar-refractivity contribution in [1.29, 1.82) is 0 Å². The molecule has 0 fully saturated rings. The molecule has 0 aromatic carbocycles. The van der Waals surface area contributed by atoms with E-state index in [9.17, 15) is 0 Å². The summed E-state index contributed by atoms with van der Waals surface area (Å²) in [7, 11) is 2.16. The lowest BCUT2D eigenvalue weighted by atomic mass is 10.00. The van der Waals surface area contributed by atoms with Crippen molar-refractivity contribution in [2.45, 2.75) is 46.2 Å². The highest BCUT2D eigenvalue weighted by Gasteiger charge is 2.21. The quantitative estimate of drug-likeness (QED) is 0.821. The summed E-state index contributed by atoms with van der Waals surface area (Å²) in [6, 6.07) is 4.14. The molecule has 0 spiro atoms. The molecule has 96 valence electrons. The van der Waals surface area contributed by atoms with Gasteiger partial charge in [0.05, 0.1) is 5.69 Å². The van der Waals surface area contributed by atoms with Gasteiger partial charge < -0.3 is 5.32 Å². The van der Waals surface area contributed by atoms with Gasteiger partial charge >= 0.3 is 0 Å². The highest BCUT2D eigenvalue weighted by molar-refractivity contribution is 5.42. The fourth-order valence-corrected chi connectivity index (χ4v) is 1.61. The molecule has 0 aliphatic carbocycles. The summed E-state index contributed by atoms with van der Waals surface area (Å²) >= 11 is 0. The molecule has 3 heteroatoms. The van der Waals surface area contributed by atoms with Crippen LogP contribution >= 0.6 is 0 Å². The molecule has 1 rings (SSSR count). The van der Waals surface area contributed by atoms with E-state index in [1.54, 1.807) is 0 Å². The van der Waals surface area contributed by atoms with Crippen molar-refractivity contribution in [3.05, 3.63) is 24.0 Å². The van der Waals surface area contributed by atoms with E-state index in [-0.39, 0.29) is 5.54 Å². The molecule has 1 aromatic rings. The Morgan fingerprint density at radius 2 is 2.06 bits per heavy atom. The molecule has 17 heavy (non-hydrogen) atoms. The Kier molecular flexibility index (Phi) is 4.94. The minimum Gasteiger partial charge on any atom is -0.385 e. The van der Waals surface area contributed by atoms with Crippen LogP contribution in [0.3, 0.4) is 0 Å². The maximum atomic E-state index is 4.43. The van der Waals surface area contributed by atoms with Gasteiger partial charge in [-0.05, 0) is 46.4 Å². The molecule has 1 N–H and O–H groups in total. The standard InChI is InChI=1S/C14H25N3/c1-6-14(3,4)17(5)11-13-10-12(15-7-2)8-9-16-13/h8-10H,6-7,11H2,1-5H3,(H,15,16). The van der Waals surface area contributed by atoms with Gasteiger partial charge in [-0.25, -0.2) is 0 Å². The zero-order valence-corrected chi connectivity index (χ0v) is 11.7. The first-order chi connectivity index (χ1) is 7.99. The van der Waals surface area contributed by atoms with E-state index in [2.05, 4.69) is 56.0 Å². The number of rotatable bonds is 6. The fourth-order valence-electron chi connectivity index (χ4n) is 1.61. The van der Waals surface area contributed by atoms with Gasteiger partial charge in [0.1, 0.15) is 0 Å². The van der Waals surface area contributed by atoms with Crippen LogP contribution < -0.4 is 5.32 Å². The molecule has 0 unspecified atom stereocenters. The smallest absolute Gasteiger partial charge is 0.0564 e. The normalized spacial score (nSPS) is 11.9. The zero-order valence-electron chi connectivity index (χ0n) is 11.7. The van der Waals surface area contributed by atoms with E-state index in [4.69, 9.17) is 0 Å². The average Bonchev–Trinajstić information content (AvgIpc) is 2.30. The molecule has 3 nitrogen and oxygen atoms in total. The van der Waals surface area contributed by atoms with E-state index in [0.29, 0.717) is 0 Å². The molecule has 0 saturated carbocycles. The number of hydrogen-bond acceptors (Lipinski definition) is 3. The minimum absolute atomic E-state index is 0.218. The van der Waals surface area contributed by atoms with Crippen molar-refractivity contribution in [1.82, 2.24) is 9.88 Å². The fraction of sp³-hybridized carbons (Fsp3) is 0.643. The summed E-state index contributed by atoms with van der Waals surface area (Å²) in [6.45, 7) is 10.7. The van der Waals surface area contributed by atoms with Crippen molar-refractivity contribution in [3.63, 3.8) is 0 Å². The van der Waals surface area contributed by atoms with Gasteiger partial charge in [-0.1, -0.05) is 6.92 Å². The van der Waals surface area contributed by atoms with Crippen LogP contribution in [0.1, 0.15) is 39.8 Å². The van der Waals surface area contributed by atoms with Crippen LogP contribution in [0.25, 0.3) is 0 Å². The second-order valence-electron chi connectivity index (χ2n) is 5.09. The number of anilines is 1. The lowest BCUT2D eigenvalue weighted by Gasteiger charge is -2.34. The summed E-state index contributed by atoms with van der Waals surface area (Å²) in [5.41, 5.74) is 2.49. The number of aromatic nitrogens is 1. The monoisotopic (exact) mass is 235 g/mol. The molecule has 1 aromatic heterocycles. The minimum atomic E-state index is 0.218. The Hall–Kier alpha value is -1.09. The second-order valence-corrected chi connectivity index (χ2v) is 5.09. The third kappa shape index (κ3) is 4.00. The Morgan fingerprint density at radius 3 is 2.65 bits per heavy atom. The molecule has 0 aliphatic heterocycles. The lowest BCUT2D eigenvalue weighted by Crippen LogP contribution is -2.39. The van der Waals surface area contributed by atoms with Crippen LogP contribution in [-0.4, -0.2) is 29.0 Å². The summed E-state index contributed by atoms with van der Waals surface area (Å²) in [5, 5.41) is 3.32. The third-order valence-electron chi connectivity index (χ3n) is 3.50. The van der Waals surface area contributed by atoms with Crippen molar-refractivity contribution in [2.75, 3.05) is 18.9 Å². The van der Waals surface area contributed by atoms with E-state index in [1.807, 2.05) is 12.3 Å². The van der Waals surface area contributed by atoms with E-state index in [0.717, 1.165) is 30.9 Å². The van der Waals surface area contributed by atoms with Gasteiger partial charge in [-0.15, -0.1) is 0 Å². The van der Waals surface area contributed by atoms with Crippen LogP contribution in [0.2, 0.25) is 0 Å². The highest BCUT2D eigenvalue weighted by atomic mass is 15.2. The van der Waals surface area contributed by atoms with Crippen LogP contribution in [0.5, 0.6) is 0 Å². The maximum absolute atomic E-state index is 4.43. The molecule has 0 bridgehead atoms. The molecular formula is C14H25N3. The SMILES string of the molecule is CCNc1ccnc(CN(C)C(C)(C)CC)c1. The Labute approximate surface area is 105 Å². The summed E-state index contributed by atoms with van der Waals surface area (Å²) < 4.78 is 0. The molecule has 0 atom stereocenters. The molecular weight excluding hydrogens is 210 g/mol. The zero-order chi connectivity index (χ0) is 12.9. The van der Waals surface area contributed by atoms with Gasteiger partial charge in [-0.2, -0.15) is 0 Å². The average molecular weight is 235 g/mol. The lowest BCUT2D eigenvalue weighted by molar-refractivity contribution is 0.141. The van der Waals surface area contributed by atoms with Crippen LogP contribution in [0.4, 0.5) is 5.69 Å². The molecule has 0 radical (unpaired) electrons. The molecule has 0 amide bonds.